The van der Waals surface area contributed by atoms with Crippen molar-refractivity contribution in [2.45, 2.75) is 53.7 Å². The zero-order valence-corrected chi connectivity index (χ0v) is 20.3. The lowest BCUT2D eigenvalue weighted by atomic mass is 10.1. The Morgan fingerprint density at radius 2 is 1.73 bits per heavy atom. The molecule has 1 N–H and O–H groups in total. The number of carbonyl (C=O) groups excluding carboxylic acids is 1. The molecule has 0 aliphatic rings. The van der Waals surface area contributed by atoms with Gasteiger partial charge in [0.2, 0.25) is 0 Å². The minimum atomic E-state index is -0.607. The van der Waals surface area contributed by atoms with E-state index in [9.17, 15) is 4.79 Å². The van der Waals surface area contributed by atoms with E-state index in [1.807, 2.05) is 44.2 Å². The number of hydrogen-bond donors (Lipinski definition) is 1. The normalized spacial score (nSPS) is 11.9. The van der Waals surface area contributed by atoms with Crippen LogP contribution in [0.15, 0.2) is 34.8 Å². The van der Waals surface area contributed by atoms with Crippen LogP contribution in [0.4, 0.5) is 0 Å². The molecule has 1 atom stereocenters. The average Bonchev–Trinajstić information content (AvgIpc) is 2.68. The zero-order chi connectivity index (χ0) is 22.3. The zero-order valence-electron chi connectivity index (χ0n) is 18.7. The molecule has 0 bridgehead atoms. The van der Waals surface area contributed by atoms with Crippen molar-refractivity contribution in [2.24, 2.45) is 5.92 Å². The molecule has 5 nitrogen and oxygen atoms in total. The number of methoxy groups -OCH3 is 1. The fourth-order valence-corrected chi connectivity index (χ4v) is 3.68. The van der Waals surface area contributed by atoms with Gasteiger partial charge in [0.1, 0.15) is 5.75 Å². The molecule has 0 fully saturated rings. The number of amides is 1. The van der Waals surface area contributed by atoms with Crippen LogP contribution in [-0.2, 0) is 11.3 Å². The van der Waals surface area contributed by atoms with Gasteiger partial charge in [0.05, 0.1) is 13.7 Å². The lowest BCUT2D eigenvalue weighted by Gasteiger charge is -2.18. The van der Waals surface area contributed by atoms with Gasteiger partial charge in [-0.1, -0.05) is 35.8 Å². The summed E-state index contributed by atoms with van der Waals surface area (Å²) < 4.78 is 18.2. The van der Waals surface area contributed by atoms with Crippen molar-refractivity contribution in [3.05, 3.63) is 51.5 Å². The molecule has 1 unspecified atom stereocenters. The van der Waals surface area contributed by atoms with Crippen molar-refractivity contribution in [2.75, 3.05) is 13.7 Å². The van der Waals surface area contributed by atoms with Gasteiger partial charge in [-0.05, 0) is 74.1 Å². The Bertz CT molecular complexity index is 843. The van der Waals surface area contributed by atoms with E-state index < -0.39 is 6.10 Å². The van der Waals surface area contributed by atoms with Gasteiger partial charge >= 0.3 is 0 Å². The van der Waals surface area contributed by atoms with Gasteiger partial charge in [0.15, 0.2) is 17.6 Å². The second-order valence-corrected chi connectivity index (χ2v) is 8.78. The summed E-state index contributed by atoms with van der Waals surface area (Å²) in [4.78, 5) is 12.5. The maximum atomic E-state index is 12.5. The number of benzene rings is 2. The number of aryl methyl sites for hydroxylation is 2. The molecular weight excluding hydrogens is 446 g/mol. The van der Waals surface area contributed by atoms with E-state index in [4.69, 9.17) is 14.2 Å². The van der Waals surface area contributed by atoms with Gasteiger partial charge in [-0.25, -0.2) is 0 Å². The number of hydrogen-bond acceptors (Lipinski definition) is 4. The smallest absolute Gasteiger partial charge is 0.261 e. The monoisotopic (exact) mass is 477 g/mol. The molecule has 0 aliphatic heterocycles. The lowest BCUT2D eigenvalue weighted by molar-refractivity contribution is -0.127. The highest BCUT2D eigenvalue weighted by Crippen LogP contribution is 2.29. The largest absolute Gasteiger partial charge is 0.493 e. The van der Waals surface area contributed by atoms with Crippen LogP contribution in [0.3, 0.4) is 0 Å². The summed E-state index contributed by atoms with van der Waals surface area (Å²) in [5, 5.41) is 2.93. The molecule has 0 saturated heterocycles. The van der Waals surface area contributed by atoms with E-state index in [2.05, 4.69) is 35.1 Å². The maximum Gasteiger partial charge on any atom is 0.261 e. The minimum Gasteiger partial charge on any atom is -0.493 e. The van der Waals surface area contributed by atoms with Crippen LogP contribution in [0.5, 0.6) is 17.2 Å². The Labute approximate surface area is 188 Å². The molecule has 1 amide bonds. The van der Waals surface area contributed by atoms with E-state index in [1.54, 1.807) is 14.0 Å². The number of ether oxygens (including phenoxy) is 3. The third-order valence-corrected chi connectivity index (χ3v) is 5.19. The van der Waals surface area contributed by atoms with E-state index in [0.29, 0.717) is 30.6 Å². The van der Waals surface area contributed by atoms with E-state index in [-0.39, 0.29) is 5.91 Å². The van der Waals surface area contributed by atoms with Gasteiger partial charge in [0, 0.05) is 11.0 Å². The first kappa shape index (κ1) is 24.1. The van der Waals surface area contributed by atoms with Crippen LogP contribution < -0.4 is 19.5 Å². The van der Waals surface area contributed by atoms with Gasteiger partial charge in [-0.2, -0.15) is 0 Å². The summed E-state index contributed by atoms with van der Waals surface area (Å²) in [7, 11) is 1.62. The Morgan fingerprint density at radius 1 is 1.07 bits per heavy atom. The predicted molar refractivity (Wildman–Crippen MR) is 123 cm³/mol. The van der Waals surface area contributed by atoms with Crippen LogP contribution in [0, 0.1) is 19.8 Å². The van der Waals surface area contributed by atoms with Crippen molar-refractivity contribution >= 4 is 21.8 Å². The van der Waals surface area contributed by atoms with E-state index in [1.165, 1.54) is 0 Å². The number of carbonyl (C=O) groups is 1. The molecule has 0 saturated carbocycles. The highest BCUT2D eigenvalue weighted by atomic mass is 79.9. The fourth-order valence-electron chi connectivity index (χ4n) is 2.99. The van der Waals surface area contributed by atoms with Crippen LogP contribution in [0.25, 0.3) is 0 Å². The molecule has 2 aromatic carbocycles. The topological polar surface area (TPSA) is 56.8 Å². The second kappa shape index (κ2) is 11.3. The number of nitrogens with one attached hydrogen (secondary N) is 1. The highest BCUT2D eigenvalue weighted by Gasteiger charge is 2.17. The molecule has 30 heavy (non-hydrogen) atoms. The standard InChI is InChI=1S/C24H32BrNO4/c1-15(2)9-10-29-21-8-7-19(13-22(21)28-6)14-26-24(27)18(5)30-23-16(3)11-20(25)12-17(23)4/h7-8,11-13,15,18H,9-10,14H2,1-6H3,(H,26,27). The molecule has 0 heterocycles. The van der Waals surface area contributed by atoms with Crippen LogP contribution in [-0.4, -0.2) is 25.7 Å². The molecule has 0 aromatic heterocycles. The quantitative estimate of drug-likeness (QED) is 0.484. The van der Waals surface area contributed by atoms with Crippen molar-refractivity contribution in [3.63, 3.8) is 0 Å². The number of rotatable bonds is 10. The summed E-state index contributed by atoms with van der Waals surface area (Å²) >= 11 is 3.48. The van der Waals surface area contributed by atoms with Crippen LogP contribution >= 0.6 is 15.9 Å². The molecule has 2 aromatic rings. The fraction of sp³-hybridized carbons (Fsp3) is 0.458. The first-order valence-corrected chi connectivity index (χ1v) is 11.0. The first-order valence-electron chi connectivity index (χ1n) is 10.2. The average molecular weight is 478 g/mol. The summed E-state index contributed by atoms with van der Waals surface area (Å²) in [5.41, 5.74) is 2.90. The molecule has 6 heteroatoms. The van der Waals surface area contributed by atoms with Crippen molar-refractivity contribution in [1.29, 1.82) is 0 Å². The van der Waals surface area contributed by atoms with Crippen LogP contribution in [0.1, 0.15) is 43.9 Å². The van der Waals surface area contributed by atoms with Crippen molar-refractivity contribution in [3.8, 4) is 17.2 Å². The summed E-state index contributed by atoms with van der Waals surface area (Å²) in [6, 6.07) is 9.66. The van der Waals surface area contributed by atoms with Gasteiger partial charge < -0.3 is 19.5 Å². The molecule has 0 spiro atoms. The van der Waals surface area contributed by atoms with Crippen LogP contribution in [0.2, 0.25) is 0 Å². The SMILES string of the molecule is COc1cc(CNC(=O)C(C)Oc2c(C)cc(Br)cc2C)ccc1OCCC(C)C. The van der Waals surface area contributed by atoms with Gasteiger partial charge in [0.25, 0.3) is 5.91 Å². The Balaban J connectivity index is 1.95. The summed E-state index contributed by atoms with van der Waals surface area (Å²) in [6.45, 7) is 11.0. The van der Waals surface area contributed by atoms with Crippen molar-refractivity contribution in [1.82, 2.24) is 5.32 Å². The Kier molecular flexibility index (Phi) is 9.03. The maximum absolute atomic E-state index is 12.5. The molecular formula is C24H32BrNO4. The van der Waals surface area contributed by atoms with Gasteiger partial charge in [-0.15, -0.1) is 0 Å². The van der Waals surface area contributed by atoms with E-state index >= 15 is 0 Å². The van der Waals surface area contributed by atoms with Crippen molar-refractivity contribution < 1.29 is 19.0 Å². The predicted octanol–water partition coefficient (Wildman–Crippen LogP) is 5.58. The molecule has 164 valence electrons. The molecule has 2 rings (SSSR count). The molecule has 0 radical (unpaired) electrons. The van der Waals surface area contributed by atoms with Gasteiger partial charge in [-0.3, -0.25) is 4.79 Å². The lowest BCUT2D eigenvalue weighted by Crippen LogP contribution is -2.36. The minimum absolute atomic E-state index is 0.173. The second-order valence-electron chi connectivity index (χ2n) is 7.86. The highest BCUT2D eigenvalue weighted by molar-refractivity contribution is 9.10. The van der Waals surface area contributed by atoms with E-state index in [0.717, 1.165) is 33.3 Å². The Hall–Kier alpha value is -2.21. The third kappa shape index (κ3) is 6.94. The third-order valence-electron chi connectivity index (χ3n) is 4.74. The number of halogens is 1. The Morgan fingerprint density at radius 3 is 2.33 bits per heavy atom. The summed E-state index contributed by atoms with van der Waals surface area (Å²) in [6.07, 6.45) is 0.375. The molecule has 0 aliphatic carbocycles. The first-order chi connectivity index (χ1) is 14.2. The summed E-state index contributed by atoms with van der Waals surface area (Å²) in [5.74, 6) is 2.53.